The molecule has 0 aromatic carbocycles. The SMILES string of the molecule is O=C(O)c1ccncc1Nc1cncnc1. The number of nitrogens with zero attached hydrogens (tertiary/aromatic N) is 3. The van der Waals surface area contributed by atoms with Crippen LogP contribution in [-0.4, -0.2) is 26.0 Å². The monoisotopic (exact) mass is 216 g/mol. The summed E-state index contributed by atoms with van der Waals surface area (Å²) in [6, 6.07) is 1.43. The fourth-order valence-corrected chi connectivity index (χ4v) is 1.20. The topological polar surface area (TPSA) is 88.0 Å². The number of carboxylic acids is 1. The second kappa shape index (κ2) is 4.35. The van der Waals surface area contributed by atoms with E-state index in [1.54, 1.807) is 12.4 Å². The normalized spacial score (nSPS) is 9.75. The molecule has 0 spiro atoms. The first-order chi connectivity index (χ1) is 7.77. The van der Waals surface area contributed by atoms with Gasteiger partial charge in [-0.15, -0.1) is 0 Å². The molecule has 0 fully saturated rings. The van der Waals surface area contributed by atoms with Gasteiger partial charge in [-0.3, -0.25) is 4.98 Å². The molecule has 0 aliphatic rings. The van der Waals surface area contributed by atoms with Crippen LogP contribution >= 0.6 is 0 Å². The highest BCUT2D eigenvalue weighted by molar-refractivity contribution is 5.94. The van der Waals surface area contributed by atoms with Crippen molar-refractivity contribution >= 4 is 17.3 Å². The average Bonchev–Trinajstić information content (AvgIpc) is 2.31. The number of aromatic carboxylic acids is 1. The van der Waals surface area contributed by atoms with Crippen molar-refractivity contribution in [1.82, 2.24) is 15.0 Å². The van der Waals surface area contributed by atoms with E-state index in [1.807, 2.05) is 0 Å². The number of nitrogens with one attached hydrogen (secondary N) is 1. The van der Waals surface area contributed by atoms with Crippen LogP contribution in [0.15, 0.2) is 37.2 Å². The number of anilines is 2. The van der Waals surface area contributed by atoms with Crippen LogP contribution in [-0.2, 0) is 0 Å². The Labute approximate surface area is 91.0 Å². The predicted molar refractivity (Wildman–Crippen MR) is 56.5 cm³/mol. The molecule has 0 atom stereocenters. The van der Waals surface area contributed by atoms with Crippen LogP contribution in [0, 0.1) is 0 Å². The van der Waals surface area contributed by atoms with E-state index >= 15 is 0 Å². The van der Waals surface area contributed by atoms with Crippen molar-refractivity contribution in [3.63, 3.8) is 0 Å². The number of carbonyl (C=O) groups is 1. The van der Waals surface area contributed by atoms with Crippen molar-refractivity contribution < 1.29 is 9.90 Å². The molecule has 0 bridgehead atoms. The minimum atomic E-state index is -1.01. The lowest BCUT2D eigenvalue weighted by atomic mass is 10.2. The smallest absolute Gasteiger partial charge is 0.337 e. The molecule has 2 rings (SSSR count). The maximum absolute atomic E-state index is 10.9. The summed E-state index contributed by atoms with van der Waals surface area (Å²) in [7, 11) is 0. The third-order valence-electron chi connectivity index (χ3n) is 1.89. The Kier molecular flexibility index (Phi) is 2.73. The Hall–Kier alpha value is -2.50. The lowest BCUT2D eigenvalue weighted by Gasteiger charge is -2.07. The number of hydrogen-bond donors (Lipinski definition) is 2. The van der Waals surface area contributed by atoms with Crippen LogP contribution < -0.4 is 5.32 Å². The maximum atomic E-state index is 10.9. The van der Waals surface area contributed by atoms with Gasteiger partial charge in [0.1, 0.15) is 6.33 Å². The van der Waals surface area contributed by atoms with Gasteiger partial charge in [-0.05, 0) is 6.07 Å². The second-order valence-corrected chi connectivity index (χ2v) is 2.98. The molecule has 80 valence electrons. The maximum Gasteiger partial charge on any atom is 0.337 e. The van der Waals surface area contributed by atoms with Crippen molar-refractivity contribution in [3.05, 3.63) is 42.7 Å². The summed E-state index contributed by atoms with van der Waals surface area (Å²) in [4.78, 5) is 22.4. The fraction of sp³-hybridized carbons (Fsp3) is 0. The first kappa shape index (κ1) is 10.0. The minimum Gasteiger partial charge on any atom is -0.478 e. The lowest BCUT2D eigenvalue weighted by molar-refractivity contribution is 0.0698. The molecule has 2 N–H and O–H groups in total. The summed E-state index contributed by atoms with van der Waals surface area (Å²) < 4.78 is 0. The molecule has 6 heteroatoms. The van der Waals surface area contributed by atoms with Crippen molar-refractivity contribution in [1.29, 1.82) is 0 Å². The van der Waals surface area contributed by atoms with Gasteiger partial charge in [-0.25, -0.2) is 14.8 Å². The van der Waals surface area contributed by atoms with Crippen LogP contribution in [0.1, 0.15) is 10.4 Å². The van der Waals surface area contributed by atoms with E-state index in [4.69, 9.17) is 5.11 Å². The summed E-state index contributed by atoms with van der Waals surface area (Å²) in [5.41, 5.74) is 1.17. The molecule has 2 heterocycles. The summed E-state index contributed by atoms with van der Waals surface area (Å²) in [5, 5.41) is 11.8. The molecule has 2 aromatic heterocycles. The van der Waals surface area contributed by atoms with E-state index in [0.29, 0.717) is 11.4 Å². The van der Waals surface area contributed by atoms with Gasteiger partial charge in [0.2, 0.25) is 0 Å². The largest absolute Gasteiger partial charge is 0.478 e. The van der Waals surface area contributed by atoms with Crippen LogP contribution in [0.5, 0.6) is 0 Å². The van der Waals surface area contributed by atoms with Gasteiger partial charge in [0.25, 0.3) is 0 Å². The first-order valence-corrected chi connectivity index (χ1v) is 4.46. The zero-order valence-corrected chi connectivity index (χ0v) is 8.16. The van der Waals surface area contributed by atoms with Gasteiger partial charge in [-0.2, -0.15) is 0 Å². The van der Waals surface area contributed by atoms with Gasteiger partial charge in [0.15, 0.2) is 0 Å². The van der Waals surface area contributed by atoms with Gasteiger partial charge in [0, 0.05) is 6.20 Å². The molecule has 0 saturated heterocycles. The van der Waals surface area contributed by atoms with Gasteiger partial charge in [0.05, 0.1) is 35.5 Å². The van der Waals surface area contributed by atoms with Crippen molar-refractivity contribution in [2.75, 3.05) is 5.32 Å². The standard InChI is InChI=1S/C10H8N4O2/c15-10(16)8-1-2-11-5-9(8)14-7-3-12-6-13-4-7/h1-6,14H,(H,15,16). The van der Waals surface area contributed by atoms with Crippen LogP contribution in [0.25, 0.3) is 0 Å². The Bertz CT molecular complexity index is 501. The van der Waals surface area contributed by atoms with Crippen molar-refractivity contribution in [2.24, 2.45) is 0 Å². The first-order valence-electron chi connectivity index (χ1n) is 4.46. The second-order valence-electron chi connectivity index (χ2n) is 2.98. The third-order valence-corrected chi connectivity index (χ3v) is 1.89. The highest BCUT2D eigenvalue weighted by Gasteiger charge is 2.09. The third kappa shape index (κ3) is 2.11. The van der Waals surface area contributed by atoms with E-state index in [1.165, 1.54) is 24.8 Å². The summed E-state index contributed by atoms with van der Waals surface area (Å²) >= 11 is 0. The van der Waals surface area contributed by atoms with E-state index in [9.17, 15) is 4.79 Å². The number of pyridine rings is 1. The molecule has 0 saturated carbocycles. The van der Waals surface area contributed by atoms with E-state index in [2.05, 4.69) is 20.3 Å². The summed E-state index contributed by atoms with van der Waals surface area (Å²) in [6.07, 6.45) is 7.36. The lowest BCUT2D eigenvalue weighted by Crippen LogP contribution is -2.03. The zero-order chi connectivity index (χ0) is 11.4. The average molecular weight is 216 g/mol. The highest BCUT2D eigenvalue weighted by atomic mass is 16.4. The van der Waals surface area contributed by atoms with Crippen molar-refractivity contribution in [3.8, 4) is 0 Å². The molecule has 0 unspecified atom stereocenters. The quantitative estimate of drug-likeness (QED) is 0.804. The van der Waals surface area contributed by atoms with Crippen LogP contribution in [0.4, 0.5) is 11.4 Å². The molecular weight excluding hydrogens is 208 g/mol. The molecule has 0 aliphatic heterocycles. The molecule has 0 radical (unpaired) electrons. The van der Waals surface area contributed by atoms with Gasteiger partial charge in [-0.1, -0.05) is 0 Å². The Balaban J connectivity index is 2.31. The van der Waals surface area contributed by atoms with Crippen LogP contribution in [0.2, 0.25) is 0 Å². The molecule has 0 aliphatic carbocycles. The number of carboxylic acid groups (broad SMARTS) is 1. The van der Waals surface area contributed by atoms with Gasteiger partial charge < -0.3 is 10.4 Å². The highest BCUT2D eigenvalue weighted by Crippen LogP contribution is 2.18. The van der Waals surface area contributed by atoms with Crippen LogP contribution in [0.3, 0.4) is 0 Å². The molecule has 16 heavy (non-hydrogen) atoms. The van der Waals surface area contributed by atoms with E-state index < -0.39 is 5.97 Å². The summed E-state index contributed by atoms with van der Waals surface area (Å²) in [6.45, 7) is 0. The van der Waals surface area contributed by atoms with E-state index in [-0.39, 0.29) is 5.56 Å². The Morgan fingerprint density at radius 2 is 1.94 bits per heavy atom. The number of aromatic nitrogens is 3. The Morgan fingerprint density at radius 1 is 1.19 bits per heavy atom. The minimum absolute atomic E-state index is 0.152. The molecule has 6 nitrogen and oxygen atoms in total. The van der Waals surface area contributed by atoms with E-state index in [0.717, 1.165) is 0 Å². The zero-order valence-electron chi connectivity index (χ0n) is 8.16. The molecular formula is C10H8N4O2. The fourth-order valence-electron chi connectivity index (χ4n) is 1.20. The molecule has 2 aromatic rings. The van der Waals surface area contributed by atoms with Gasteiger partial charge >= 0.3 is 5.97 Å². The number of hydrogen-bond acceptors (Lipinski definition) is 5. The predicted octanol–water partition coefficient (Wildman–Crippen LogP) is 1.31. The Morgan fingerprint density at radius 3 is 2.62 bits per heavy atom. The summed E-state index contributed by atoms with van der Waals surface area (Å²) in [5.74, 6) is -1.01. The number of rotatable bonds is 3. The van der Waals surface area contributed by atoms with Crippen molar-refractivity contribution in [2.45, 2.75) is 0 Å². The molecule has 0 amide bonds.